The summed E-state index contributed by atoms with van der Waals surface area (Å²) in [7, 11) is 3.14. The van der Waals surface area contributed by atoms with Crippen molar-refractivity contribution in [3.05, 3.63) is 78.4 Å². The summed E-state index contributed by atoms with van der Waals surface area (Å²) in [6.07, 6.45) is 1.95. The predicted molar refractivity (Wildman–Crippen MR) is 114 cm³/mol. The number of carbonyl (C=O) groups excluding carboxylic acids is 1. The van der Waals surface area contributed by atoms with Crippen molar-refractivity contribution in [1.29, 1.82) is 0 Å². The number of anilines is 1. The van der Waals surface area contributed by atoms with Gasteiger partial charge < -0.3 is 19.5 Å². The molecule has 2 atom stereocenters. The van der Waals surface area contributed by atoms with E-state index in [-0.39, 0.29) is 11.8 Å². The fraction of sp³-hybridized carbons (Fsp3) is 0.250. The molecule has 0 saturated heterocycles. The van der Waals surface area contributed by atoms with Crippen LogP contribution < -0.4 is 19.5 Å². The molecule has 2 unspecified atom stereocenters. The van der Waals surface area contributed by atoms with Crippen LogP contribution >= 0.6 is 0 Å². The lowest BCUT2D eigenvalue weighted by molar-refractivity contribution is -0.117. The van der Waals surface area contributed by atoms with Crippen LogP contribution in [-0.4, -0.2) is 31.7 Å². The van der Waals surface area contributed by atoms with Gasteiger partial charge in [-0.05, 0) is 30.2 Å². The number of ether oxygens (including phenoxy) is 3. The lowest BCUT2D eigenvalue weighted by Gasteiger charge is -2.20. The fourth-order valence-electron chi connectivity index (χ4n) is 3.81. The van der Waals surface area contributed by atoms with E-state index in [1.807, 2.05) is 30.3 Å². The Morgan fingerprint density at radius 1 is 1.10 bits per heavy atom. The van der Waals surface area contributed by atoms with Crippen molar-refractivity contribution >= 4 is 11.6 Å². The zero-order chi connectivity index (χ0) is 21.8. The molecule has 0 spiro atoms. The smallest absolute Gasteiger partial charge is 0.228 e. The van der Waals surface area contributed by atoms with Crippen molar-refractivity contribution in [3.63, 3.8) is 0 Å². The van der Waals surface area contributed by atoms with Crippen molar-refractivity contribution < 1.29 is 23.4 Å². The van der Waals surface area contributed by atoms with E-state index in [0.717, 1.165) is 5.56 Å². The Kier molecular flexibility index (Phi) is 5.75. The molecule has 1 amide bonds. The van der Waals surface area contributed by atoms with Crippen LogP contribution in [0.1, 0.15) is 12.0 Å². The van der Waals surface area contributed by atoms with Gasteiger partial charge >= 0.3 is 0 Å². The van der Waals surface area contributed by atoms with Crippen LogP contribution in [0, 0.1) is 11.9 Å². The molecule has 1 N–H and O–H groups in total. The summed E-state index contributed by atoms with van der Waals surface area (Å²) >= 11 is 0. The Morgan fingerprint density at radius 3 is 2.58 bits per heavy atom. The first kappa shape index (κ1) is 20.7. The van der Waals surface area contributed by atoms with Crippen molar-refractivity contribution in [3.8, 4) is 17.2 Å². The molecular formula is C24H23FN2O4. The largest absolute Gasteiger partial charge is 0.493 e. The molecule has 1 saturated carbocycles. The van der Waals surface area contributed by atoms with Gasteiger partial charge in [-0.2, -0.15) is 4.39 Å². The number of nitrogens with zero attached hydrogens (tertiary/aromatic N) is 1. The molecule has 31 heavy (non-hydrogen) atoms. The maximum Gasteiger partial charge on any atom is 0.228 e. The Bertz CT molecular complexity index is 1080. The number of amides is 1. The molecule has 2 aromatic carbocycles. The Hall–Kier alpha value is -3.61. The van der Waals surface area contributed by atoms with E-state index < -0.39 is 11.4 Å². The molecule has 160 valence electrons. The van der Waals surface area contributed by atoms with Crippen LogP contribution in [0.2, 0.25) is 0 Å². The van der Waals surface area contributed by atoms with E-state index >= 15 is 0 Å². The molecule has 0 radical (unpaired) electrons. The van der Waals surface area contributed by atoms with Gasteiger partial charge in [0.25, 0.3) is 0 Å². The quantitative estimate of drug-likeness (QED) is 0.551. The highest BCUT2D eigenvalue weighted by atomic mass is 19.1. The second-order valence-electron chi connectivity index (χ2n) is 7.44. The van der Waals surface area contributed by atoms with Gasteiger partial charge in [-0.1, -0.05) is 30.3 Å². The molecule has 1 fully saturated rings. The van der Waals surface area contributed by atoms with E-state index in [4.69, 9.17) is 14.2 Å². The molecule has 7 heteroatoms. The molecule has 1 aliphatic carbocycles. The summed E-state index contributed by atoms with van der Waals surface area (Å²) in [4.78, 5) is 16.4. The van der Waals surface area contributed by atoms with Crippen molar-refractivity contribution in [2.45, 2.75) is 11.8 Å². The van der Waals surface area contributed by atoms with Gasteiger partial charge in [0.1, 0.15) is 5.75 Å². The van der Waals surface area contributed by atoms with Gasteiger partial charge in [0.15, 0.2) is 11.5 Å². The summed E-state index contributed by atoms with van der Waals surface area (Å²) in [5.41, 5.74) is 0.938. The number of rotatable bonds is 8. The molecule has 0 bridgehead atoms. The topological polar surface area (TPSA) is 69.7 Å². The molecular weight excluding hydrogens is 399 g/mol. The van der Waals surface area contributed by atoms with Gasteiger partial charge in [-0.15, -0.1) is 0 Å². The average Bonchev–Trinajstić information content (AvgIpc) is 3.54. The molecule has 1 aromatic heterocycles. The SMILES string of the molecule is COc1ccc(OCC2(c3ccccc3)CC2C(=O)Nc2ccnc(F)c2)cc1OC. The number of nitrogens with one attached hydrogen (secondary N) is 1. The van der Waals surface area contributed by atoms with Gasteiger partial charge in [-0.3, -0.25) is 4.79 Å². The number of aromatic nitrogens is 1. The predicted octanol–water partition coefficient (Wildman–Crippen LogP) is 4.21. The first-order valence-electron chi connectivity index (χ1n) is 9.88. The van der Waals surface area contributed by atoms with Crippen molar-refractivity contribution in [2.75, 3.05) is 26.1 Å². The van der Waals surface area contributed by atoms with Gasteiger partial charge in [0.05, 0.1) is 26.7 Å². The molecule has 4 rings (SSSR count). The van der Waals surface area contributed by atoms with E-state index in [1.54, 1.807) is 38.5 Å². The lowest BCUT2D eigenvalue weighted by atomic mass is 9.93. The molecule has 1 heterocycles. The van der Waals surface area contributed by atoms with Crippen LogP contribution in [-0.2, 0) is 10.2 Å². The number of halogens is 1. The van der Waals surface area contributed by atoms with Crippen LogP contribution in [0.15, 0.2) is 66.9 Å². The van der Waals surface area contributed by atoms with E-state index in [2.05, 4.69) is 10.3 Å². The minimum Gasteiger partial charge on any atom is -0.493 e. The van der Waals surface area contributed by atoms with Crippen LogP contribution in [0.25, 0.3) is 0 Å². The van der Waals surface area contributed by atoms with E-state index in [9.17, 15) is 9.18 Å². The second kappa shape index (κ2) is 8.63. The standard InChI is InChI=1S/C24H23FN2O4/c1-29-20-9-8-18(13-21(20)30-2)31-15-24(16-6-4-3-5-7-16)14-19(24)23(28)27-17-10-11-26-22(25)12-17/h3-13,19H,14-15H2,1-2H3,(H,26,27,28). The minimum absolute atomic E-state index is 0.176. The zero-order valence-corrected chi connectivity index (χ0v) is 17.3. The van der Waals surface area contributed by atoms with Crippen LogP contribution in [0.4, 0.5) is 10.1 Å². The number of benzene rings is 2. The fourth-order valence-corrected chi connectivity index (χ4v) is 3.81. The maximum absolute atomic E-state index is 13.4. The number of hydrogen-bond acceptors (Lipinski definition) is 5. The highest BCUT2D eigenvalue weighted by molar-refractivity contribution is 5.96. The third-order valence-electron chi connectivity index (χ3n) is 5.59. The van der Waals surface area contributed by atoms with Crippen molar-refractivity contribution in [1.82, 2.24) is 4.98 Å². The summed E-state index contributed by atoms with van der Waals surface area (Å²) < 4.78 is 30.1. The van der Waals surface area contributed by atoms with Gasteiger partial charge in [0, 0.05) is 29.4 Å². The average molecular weight is 422 g/mol. The highest BCUT2D eigenvalue weighted by Gasteiger charge is 2.60. The summed E-state index contributed by atoms with van der Waals surface area (Å²) in [6, 6.07) is 17.9. The third kappa shape index (κ3) is 4.30. The van der Waals surface area contributed by atoms with Crippen LogP contribution in [0.3, 0.4) is 0 Å². The first-order chi connectivity index (χ1) is 15.1. The monoisotopic (exact) mass is 422 g/mol. The van der Waals surface area contributed by atoms with Gasteiger partial charge in [0.2, 0.25) is 11.9 Å². The molecule has 3 aromatic rings. The summed E-state index contributed by atoms with van der Waals surface area (Å²) in [5, 5.41) is 2.79. The first-order valence-corrected chi connectivity index (χ1v) is 9.88. The van der Waals surface area contributed by atoms with E-state index in [1.165, 1.54) is 12.3 Å². The number of pyridine rings is 1. The van der Waals surface area contributed by atoms with Gasteiger partial charge in [-0.25, -0.2) is 4.98 Å². The summed E-state index contributed by atoms with van der Waals surface area (Å²) in [6.45, 7) is 0.315. The van der Waals surface area contributed by atoms with Crippen molar-refractivity contribution in [2.24, 2.45) is 5.92 Å². The number of carbonyl (C=O) groups is 1. The van der Waals surface area contributed by atoms with E-state index in [0.29, 0.717) is 36.0 Å². The molecule has 6 nitrogen and oxygen atoms in total. The zero-order valence-electron chi connectivity index (χ0n) is 17.3. The molecule has 1 aliphatic rings. The number of hydrogen-bond donors (Lipinski definition) is 1. The number of methoxy groups -OCH3 is 2. The highest BCUT2D eigenvalue weighted by Crippen LogP contribution is 2.55. The molecule has 0 aliphatic heterocycles. The maximum atomic E-state index is 13.4. The minimum atomic E-state index is -0.639. The normalized spacial score (nSPS) is 19.4. The van der Waals surface area contributed by atoms with Crippen LogP contribution in [0.5, 0.6) is 17.2 Å². The second-order valence-corrected chi connectivity index (χ2v) is 7.44. The third-order valence-corrected chi connectivity index (χ3v) is 5.59. The Morgan fingerprint density at radius 2 is 1.87 bits per heavy atom. The lowest BCUT2D eigenvalue weighted by Crippen LogP contribution is -2.26. The Balaban J connectivity index is 1.53. The Labute approximate surface area is 180 Å². The summed E-state index contributed by atoms with van der Waals surface area (Å²) in [5.74, 6) is 0.686.